The molecular weight excluding hydrogens is 222 g/mol. The molecule has 0 aromatic carbocycles. The second kappa shape index (κ2) is 7.49. The summed E-state index contributed by atoms with van der Waals surface area (Å²) < 4.78 is 0. The third-order valence-corrected chi connectivity index (χ3v) is 3.47. The maximum atomic E-state index is 5.91. The number of nitrogens with two attached hydrogens (primary N) is 1. The number of pyridine rings is 1. The fraction of sp³-hybridized carbons (Fsp3) is 0.667. The summed E-state index contributed by atoms with van der Waals surface area (Å²) in [5.41, 5.74) is 7.31. The van der Waals surface area contributed by atoms with Crippen molar-refractivity contribution < 1.29 is 0 Å². The molecule has 0 radical (unpaired) electrons. The van der Waals surface area contributed by atoms with Gasteiger partial charge in [-0.2, -0.15) is 0 Å². The van der Waals surface area contributed by atoms with E-state index in [1.54, 1.807) is 0 Å². The minimum absolute atomic E-state index is 0.244. The fourth-order valence-corrected chi connectivity index (χ4v) is 2.43. The van der Waals surface area contributed by atoms with E-state index in [1.165, 1.54) is 12.8 Å². The van der Waals surface area contributed by atoms with E-state index in [2.05, 4.69) is 36.8 Å². The molecule has 1 atom stereocenters. The Morgan fingerprint density at radius 2 is 2.17 bits per heavy atom. The van der Waals surface area contributed by atoms with Crippen molar-refractivity contribution in [2.24, 2.45) is 11.1 Å². The Balaban J connectivity index is 2.39. The Kier molecular flexibility index (Phi) is 6.30. The van der Waals surface area contributed by atoms with Gasteiger partial charge in [-0.3, -0.25) is 4.98 Å². The lowest BCUT2D eigenvalue weighted by Gasteiger charge is -2.32. The van der Waals surface area contributed by atoms with E-state index < -0.39 is 0 Å². The lowest BCUT2D eigenvalue weighted by Crippen LogP contribution is -2.39. The maximum absolute atomic E-state index is 5.91. The van der Waals surface area contributed by atoms with E-state index in [9.17, 15) is 0 Å². The van der Waals surface area contributed by atoms with Gasteiger partial charge in [-0.1, -0.05) is 26.3 Å². The van der Waals surface area contributed by atoms with Crippen LogP contribution in [0.4, 0.5) is 0 Å². The largest absolute Gasteiger partial charge is 0.330 e. The Morgan fingerprint density at radius 1 is 1.39 bits per heavy atom. The number of hydrogen-bond donors (Lipinski definition) is 1. The fourth-order valence-electron chi connectivity index (χ4n) is 2.43. The van der Waals surface area contributed by atoms with Crippen molar-refractivity contribution in [3.63, 3.8) is 0 Å². The summed E-state index contributed by atoms with van der Waals surface area (Å²) in [5, 5.41) is 0. The van der Waals surface area contributed by atoms with Gasteiger partial charge in [0.05, 0.1) is 0 Å². The predicted molar refractivity (Wildman–Crippen MR) is 77.5 cm³/mol. The molecule has 0 aliphatic heterocycles. The molecule has 2 N–H and O–H groups in total. The van der Waals surface area contributed by atoms with Crippen LogP contribution >= 0.6 is 0 Å². The summed E-state index contributed by atoms with van der Waals surface area (Å²) in [6, 6.07) is 6.09. The average molecular weight is 249 g/mol. The van der Waals surface area contributed by atoms with Crippen LogP contribution in [0.25, 0.3) is 0 Å². The predicted octanol–water partition coefficient (Wildman–Crippen LogP) is 2.32. The quantitative estimate of drug-likeness (QED) is 0.769. The van der Waals surface area contributed by atoms with Crippen LogP contribution < -0.4 is 5.73 Å². The number of aromatic nitrogens is 1. The minimum atomic E-state index is 0.244. The van der Waals surface area contributed by atoms with Gasteiger partial charge in [0.1, 0.15) is 0 Å². The molecule has 0 saturated heterocycles. The zero-order valence-corrected chi connectivity index (χ0v) is 12.0. The van der Waals surface area contributed by atoms with E-state index in [1.807, 2.05) is 18.3 Å². The van der Waals surface area contributed by atoms with Crippen LogP contribution in [0, 0.1) is 5.41 Å². The molecule has 18 heavy (non-hydrogen) atoms. The summed E-state index contributed by atoms with van der Waals surface area (Å²) >= 11 is 0. The van der Waals surface area contributed by atoms with Gasteiger partial charge >= 0.3 is 0 Å². The highest BCUT2D eigenvalue weighted by Gasteiger charge is 2.23. The van der Waals surface area contributed by atoms with Crippen LogP contribution in [0.1, 0.15) is 32.4 Å². The molecule has 1 rings (SSSR count). The van der Waals surface area contributed by atoms with Gasteiger partial charge in [-0.15, -0.1) is 0 Å². The average Bonchev–Trinajstić information content (AvgIpc) is 2.38. The summed E-state index contributed by atoms with van der Waals surface area (Å²) in [7, 11) is 2.17. The van der Waals surface area contributed by atoms with Gasteiger partial charge in [-0.25, -0.2) is 0 Å². The van der Waals surface area contributed by atoms with Crippen molar-refractivity contribution in [3.8, 4) is 0 Å². The highest BCUT2D eigenvalue weighted by Crippen LogP contribution is 2.22. The Hall–Kier alpha value is -0.930. The van der Waals surface area contributed by atoms with E-state index in [0.29, 0.717) is 0 Å². The SMILES string of the molecule is CCCC(C)(CN)CN(C)CCc1ccccn1. The van der Waals surface area contributed by atoms with Crippen LogP contribution in [0.2, 0.25) is 0 Å². The van der Waals surface area contributed by atoms with E-state index in [-0.39, 0.29) is 5.41 Å². The van der Waals surface area contributed by atoms with Gasteiger partial charge < -0.3 is 10.6 Å². The van der Waals surface area contributed by atoms with E-state index in [4.69, 9.17) is 5.73 Å². The van der Waals surface area contributed by atoms with Gasteiger partial charge in [0.2, 0.25) is 0 Å². The summed E-state index contributed by atoms with van der Waals surface area (Å²) in [6.45, 7) is 7.37. The molecule has 0 aliphatic carbocycles. The van der Waals surface area contributed by atoms with Crippen molar-refractivity contribution in [2.45, 2.75) is 33.1 Å². The summed E-state index contributed by atoms with van der Waals surface area (Å²) in [6.07, 6.45) is 5.25. The van der Waals surface area contributed by atoms with E-state index in [0.717, 1.165) is 31.7 Å². The summed E-state index contributed by atoms with van der Waals surface area (Å²) in [5.74, 6) is 0. The molecule has 3 heteroatoms. The number of likely N-dealkylation sites (N-methyl/N-ethyl adjacent to an activating group) is 1. The molecule has 1 heterocycles. The van der Waals surface area contributed by atoms with Crippen LogP contribution in [0.15, 0.2) is 24.4 Å². The Bertz CT molecular complexity index is 326. The van der Waals surface area contributed by atoms with Crippen LogP contribution in [-0.4, -0.2) is 36.6 Å². The molecule has 102 valence electrons. The molecule has 1 aromatic heterocycles. The molecule has 3 nitrogen and oxygen atoms in total. The molecule has 0 bridgehead atoms. The first-order valence-electron chi connectivity index (χ1n) is 6.88. The van der Waals surface area contributed by atoms with Gasteiger partial charge in [0.25, 0.3) is 0 Å². The first-order valence-corrected chi connectivity index (χ1v) is 6.88. The highest BCUT2D eigenvalue weighted by atomic mass is 15.1. The number of rotatable bonds is 8. The molecule has 1 unspecified atom stereocenters. The van der Waals surface area contributed by atoms with Crippen LogP contribution in [-0.2, 0) is 6.42 Å². The number of hydrogen-bond acceptors (Lipinski definition) is 3. The first-order chi connectivity index (χ1) is 8.59. The second-order valence-corrected chi connectivity index (χ2v) is 5.57. The molecular formula is C15H27N3. The topological polar surface area (TPSA) is 42.1 Å². The third-order valence-electron chi connectivity index (χ3n) is 3.47. The molecule has 1 aromatic rings. The molecule has 0 amide bonds. The summed E-state index contributed by atoms with van der Waals surface area (Å²) in [4.78, 5) is 6.72. The maximum Gasteiger partial charge on any atom is 0.0416 e. The zero-order chi connectivity index (χ0) is 13.4. The van der Waals surface area contributed by atoms with Crippen molar-refractivity contribution in [1.29, 1.82) is 0 Å². The Morgan fingerprint density at radius 3 is 2.72 bits per heavy atom. The normalized spacial score (nSPS) is 14.7. The Labute approximate surface area is 111 Å². The van der Waals surface area contributed by atoms with Gasteiger partial charge in [-0.05, 0) is 37.6 Å². The van der Waals surface area contributed by atoms with Crippen molar-refractivity contribution in [2.75, 3.05) is 26.7 Å². The smallest absolute Gasteiger partial charge is 0.0416 e. The van der Waals surface area contributed by atoms with E-state index >= 15 is 0 Å². The standard InChI is InChI=1S/C15H27N3/c1-4-9-15(2,12-16)13-18(3)11-8-14-7-5-6-10-17-14/h5-7,10H,4,8-9,11-13,16H2,1-3H3. The lowest BCUT2D eigenvalue weighted by atomic mass is 9.85. The minimum Gasteiger partial charge on any atom is -0.330 e. The van der Waals surface area contributed by atoms with Crippen molar-refractivity contribution >= 4 is 0 Å². The van der Waals surface area contributed by atoms with Gasteiger partial charge in [0, 0.05) is 31.4 Å². The highest BCUT2D eigenvalue weighted by molar-refractivity contribution is 5.03. The first kappa shape index (κ1) is 15.1. The monoisotopic (exact) mass is 249 g/mol. The van der Waals surface area contributed by atoms with Crippen molar-refractivity contribution in [3.05, 3.63) is 30.1 Å². The second-order valence-electron chi connectivity index (χ2n) is 5.57. The lowest BCUT2D eigenvalue weighted by molar-refractivity contribution is 0.186. The zero-order valence-electron chi connectivity index (χ0n) is 12.0. The number of nitrogens with zero attached hydrogens (tertiary/aromatic N) is 2. The third kappa shape index (κ3) is 5.15. The van der Waals surface area contributed by atoms with Gasteiger partial charge in [0.15, 0.2) is 0 Å². The van der Waals surface area contributed by atoms with Crippen molar-refractivity contribution in [1.82, 2.24) is 9.88 Å². The van der Waals surface area contributed by atoms with Crippen LogP contribution in [0.3, 0.4) is 0 Å². The molecule has 0 aliphatic rings. The molecule has 0 saturated carbocycles. The molecule has 0 spiro atoms. The van der Waals surface area contributed by atoms with Crippen LogP contribution in [0.5, 0.6) is 0 Å². The molecule has 0 fully saturated rings.